The first-order valence-corrected chi connectivity index (χ1v) is 5.67. The Kier molecular flexibility index (Phi) is 2.37. The van der Waals surface area contributed by atoms with Gasteiger partial charge in [0.05, 0.1) is 16.8 Å². The Bertz CT molecular complexity index is 546. The second kappa shape index (κ2) is 3.56. The molecule has 0 fully saturated rings. The summed E-state index contributed by atoms with van der Waals surface area (Å²) in [6.07, 6.45) is 1.18. The quantitative estimate of drug-likeness (QED) is 0.741. The van der Waals surface area contributed by atoms with E-state index in [0.29, 0.717) is 5.69 Å². The Labute approximate surface area is 86.9 Å². The van der Waals surface area contributed by atoms with Crippen LogP contribution < -0.4 is 0 Å². The van der Waals surface area contributed by atoms with E-state index in [2.05, 4.69) is 10.2 Å². The second-order valence-corrected chi connectivity index (χ2v) is 4.57. The second-order valence-electron chi connectivity index (χ2n) is 3.09. The average Bonchev–Trinajstić information content (AvgIpc) is 2.38. The van der Waals surface area contributed by atoms with Crippen molar-refractivity contribution < 1.29 is 13.0 Å². The van der Waals surface area contributed by atoms with E-state index in [1.54, 1.807) is 24.3 Å². The van der Waals surface area contributed by atoms with Crippen LogP contribution in [-0.2, 0) is 16.5 Å². The lowest BCUT2D eigenvalue weighted by molar-refractivity contribution is 0.490. The summed E-state index contributed by atoms with van der Waals surface area (Å²) in [6, 6.07) is 7.05. The van der Waals surface area contributed by atoms with Gasteiger partial charge in [-0.15, -0.1) is 0 Å². The van der Waals surface area contributed by atoms with Gasteiger partial charge in [-0.05, 0) is 11.6 Å². The van der Waals surface area contributed by atoms with Crippen LogP contribution in [0, 0.1) is 0 Å². The zero-order chi connectivity index (χ0) is 10.9. The number of hydrogen-bond acceptors (Lipinski definition) is 4. The first-order valence-electron chi connectivity index (χ1n) is 4.22. The molecule has 5 nitrogen and oxygen atoms in total. The third kappa shape index (κ3) is 2.11. The van der Waals surface area contributed by atoms with Gasteiger partial charge in [-0.1, -0.05) is 18.2 Å². The molecule has 0 radical (unpaired) electrons. The van der Waals surface area contributed by atoms with Crippen LogP contribution in [0.25, 0.3) is 0 Å². The average molecular weight is 224 g/mol. The van der Waals surface area contributed by atoms with E-state index in [1.807, 2.05) is 0 Å². The largest absolute Gasteiger partial charge is 0.292 e. The molecule has 2 rings (SSSR count). The minimum Gasteiger partial charge on any atom is -0.282 e. The van der Waals surface area contributed by atoms with Gasteiger partial charge in [0.15, 0.2) is 0 Å². The van der Waals surface area contributed by atoms with E-state index in [4.69, 9.17) is 4.55 Å². The van der Waals surface area contributed by atoms with Crippen LogP contribution >= 0.6 is 0 Å². The van der Waals surface area contributed by atoms with E-state index in [1.165, 1.54) is 0 Å². The fraction of sp³-hybridized carbons (Fsp3) is 0.111. The molecule has 0 saturated carbocycles. The van der Waals surface area contributed by atoms with Crippen LogP contribution in [0.2, 0.25) is 0 Å². The molecule has 0 aliphatic carbocycles. The van der Waals surface area contributed by atoms with Crippen LogP contribution in [0.1, 0.15) is 5.56 Å². The summed E-state index contributed by atoms with van der Waals surface area (Å²) in [6.45, 7) is 0. The first kappa shape index (κ1) is 10.0. The van der Waals surface area contributed by atoms with E-state index in [-0.39, 0.29) is 11.3 Å². The molecule has 6 heteroatoms. The SMILES string of the molecule is O=S(=O)(O)C1=CN=Nc2ccccc2C1. The van der Waals surface area contributed by atoms with Crippen molar-refractivity contribution in [2.24, 2.45) is 10.2 Å². The van der Waals surface area contributed by atoms with Gasteiger partial charge in [-0.2, -0.15) is 18.6 Å². The summed E-state index contributed by atoms with van der Waals surface area (Å²) in [7, 11) is -4.18. The standard InChI is InChI=1S/C9H8N2O3S/c12-15(13,14)8-5-7-3-1-2-4-9(7)11-10-6-8/h1-4,6H,5H2,(H,12,13,14). The van der Waals surface area contributed by atoms with Gasteiger partial charge in [0.1, 0.15) is 0 Å². The Hall–Kier alpha value is -1.53. The van der Waals surface area contributed by atoms with Crippen molar-refractivity contribution in [2.75, 3.05) is 0 Å². The lowest BCUT2D eigenvalue weighted by Crippen LogP contribution is -2.04. The number of fused-ring (bicyclic) bond motifs is 1. The summed E-state index contributed by atoms with van der Waals surface area (Å²) >= 11 is 0. The molecule has 1 aromatic carbocycles. The zero-order valence-corrected chi connectivity index (χ0v) is 8.48. The molecule has 0 spiro atoms. The Morgan fingerprint density at radius 1 is 1.27 bits per heavy atom. The number of azo groups is 1. The lowest BCUT2D eigenvalue weighted by atomic mass is 10.1. The van der Waals surface area contributed by atoms with E-state index >= 15 is 0 Å². The highest BCUT2D eigenvalue weighted by molar-refractivity contribution is 7.89. The molecular weight excluding hydrogens is 216 g/mol. The Balaban J connectivity index is 2.49. The van der Waals surface area contributed by atoms with Crippen LogP contribution in [0.4, 0.5) is 5.69 Å². The molecule has 1 aromatic rings. The molecule has 0 atom stereocenters. The summed E-state index contributed by atoms with van der Waals surface area (Å²) in [5.74, 6) is 0. The topological polar surface area (TPSA) is 79.1 Å². The van der Waals surface area contributed by atoms with Crippen molar-refractivity contribution in [1.29, 1.82) is 0 Å². The van der Waals surface area contributed by atoms with Gasteiger partial charge in [0.2, 0.25) is 0 Å². The maximum absolute atomic E-state index is 10.9. The highest BCUT2D eigenvalue weighted by Gasteiger charge is 2.17. The summed E-state index contributed by atoms with van der Waals surface area (Å²) in [5.41, 5.74) is 1.34. The molecule has 15 heavy (non-hydrogen) atoms. The van der Waals surface area contributed by atoms with Crippen molar-refractivity contribution >= 4 is 15.8 Å². The van der Waals surface area contributed by atoms with Crippen molar-refractivity contribution in [3.8, 4) is 0 Å². The maximum atomic E-state index is 10.9. The molecule has 1 aliphatic heterocycles. The van der Waals surface area contributed by atoms with E-state index in [0.717, 1.165) is 11.8 Å². The molecule has 0 saturated heterocycles. The number of rotatable bonds is 1. The third-order valence-electron chi connectivity index (χ3n) is 2.05. The van der Waals surface area contributed by atoms with Gasteiger partial charge >= 0.3 is 0 Å². The fourth-order valence-corrected chi connectivity index (χ4v) is 1.82. The molecule has 0 amide bonds. The summed E-state index contributed by atoms with van der Waals surface area (Å²) in [4.78, 5) is -0.142. The zero-order valence-electron chi connectivity index (χ0n) is 7.66. The Morgan fingerprint density at radius 3 is 2.73 bits per heavy atom. The molecule has 1 heterocycles. The predicted molar refractivity (Wildman–Crippen MR) is 54.3 cm³/mol. The monoisotopic (exact) mass is 224 g/mol. The van der Waals surface area contributed by atoms with E-state index < -0.39 is 10.1 Å². The number of hydrogen-bond donors (Lipinski definition) is 1. The van der Waals surface area contributed by atoms with Gasteiger partial charge in [-0.25, -0.2) is 0 Å². The smallest absolute Gasteiger partial charge is 0.282 e. The van der Waals surface area contributed by atoms with Crippen LogP contribution in [0.3, 0.4) is 0 Å². The number of nitrogens with zero attached hydrogens (tertiary/aromatic N) is 2. The van der Waals surface area contributed by atoms with Crippen LogP contribution in [0.15, 0.2) is 45.6 Å². The summed E-state index contributed by atoms with van der Waals surface area (Å²) < 4.78 is 30.8. The van der Waals surface area contributed by atoms with Crippen molar-refractivity contribution in [1.82, 2.24) is 0 Å². The van der Waals surface area contributed by atoms with Crippen molar-refractivity contribution in [2.45, 2.75) is 6.42 Å². The van der Waals surface area contributed by atoms with Crippen molar-refractivity contribution in [3.63, 3.8) is 0 Å². The highest BCUT2D eigenvalue weighted by atomic mass is 32.2. The molecule has 0 bridgehead atoms. The molecule has 1 aliphatic rings. The minimum absolute atomic E-state index is 0.113. The van der Waals surface area contributed by atoms with Crippen molar-refractivity contribution in [3.05, 3.63) is 40.9 Å². The van der Waals surface area contributed by atoms with Gasteiger partial charge in [-0.3, -0.25) is 4.55 Å². The normalized spacial score (nSPS) is 15.4. The predicted octanol–water partition coefficient (Wildman–Crippen LogP) is 2.06. The van der Waals surface area contributed by atoms with Crippen LogP contribution in [-0.4, -0.2) is 13.0 Å². The van der Waals surface area contributed by atoms with Gasteiger partial charge < -0.3 is 0 Å². The Morgan fingerprint density at radius 2 is 2.00 bits per heavy atom. The fourth-order valence-electron chi connectivity index (χ4n) is 1.30. The number of benzene rings is 1. The minimum atomic E-state index is -4.18. The molecule has 0 aromatic heterocycles. The molecular formula is C9H8N2O3S. The lowest BCUT2D eigenvalue weighted by Gasteiger charge is -2.02. The molecule has 1 N–H and O–H groups in total. The third-order valence-corrected chi connectivity index (χ3v) is 2.97. The van der Waals surface area contributed by atoms with Crippen LogP contribution in [0.5, 0.6) is 0 Å². The highest BCUT2D eigenvalue weighted by Crippen LogP contribution is 2.26. The molecule has 78 valence electrons. The summed E-state index contributed by atoms with van der Waals surface area (Å²) in [5, 5.41) is 7.41. The van der Waals surface area contributed by atoms with E-state index in [9.17, 15) is 8.42 Å². The first-order chi connectivity index (χ1) is 7.07. The number of allylic oxidation sites excluding steroid dienone is 1. The van der Waals surface area contributed by atoms with Gasteiger partial charge in [0, 0.05) is 6.42 Å². The molecule has 0 unspecified atom stereocenters. The van der Waals surface area contributed by atoms with Gasteiger partial charge in [0.25, 0.3) is 10.1 Å². The maximum Gasteiger partial charge on any atom is 0.292 e.